The highest BCUT2D eigenvalue weighted by Gasteiger charge is 2.48. The van der Waals surface area contributed by atoms with Gasteiger partial charge in [0.2, 0.25) is 5.91 Å². The molecular formula is C27H34N4O. The largest absolute Gasteiger partial charge is 0.354 e. The molecule has 1 saturated carbocycles. The van der Waals surface area contributed by atoms with E-state index in [2.05, 4.69) is 72.9 Å². The highest BCUT2D eigenvalue weighted by Crippen LogP contribution is 2.41. The van der Waals surface area contributed by atoms with Crippen LogP contribution in [-0.2, 0) is 10.2 Å². The number of fused-ring (bicyclic) bond motifs is 3. The number of hydrogen-bond acceptors (Lipinski definition) is 3. The summed E-state index contributed by atoms with van der Waals surface area (Å²) in [6.45, 7) is 12.2. The normalized spacial score (nSPS) is 23.0. The summed E-state index contributed by atoms with van der Waals surface area (Å²) in [5, 5.41) is 1.20. The van der Waals surface area contributed by atoms with E-state index < -0.39 is 5.41 Å². The number of aromatic nitrogens is 2. The number of carbonyl (C=O) groups excluding carboxylic acids is 1. The van der Waals surface area contributed by atoms with Crippen LogP contribution in [0.3, 0.4) is 0 Å². The standard InChI is InChI=1S/C27H34N4O/c1-15(2)23-21-12-20(6-7-22(21)30-25(23)17-8-9-29-16(3)10-17)27(4,5)26(32)31-13-18-11-19(14-31)24(18)28/h6-10,12,15,18-19,24,30H,11,13-14,28H2,1-5H3. The van der Waals surface area contributed by atoms with Gasteiger partial charge in [0.25, 0.3) is 0 Å². The van der Waals surface area contributed by atoms with Crippen LogP contribution in [0, 0.1) is 18.8 Å². The van der Waals surface area contributed by atoms with Crippen molar-refractivity contribution in [3.05, 3.63) is 53.3 Å². The van der Waals surface area contributed by atoms with Crippen LogP contribution in [0.4, 0.5) is 0 Å². The van der Waals surface area contributed by atoms with Gasteiger partial charge in [0, 0.05) is 47.5 Å². The molecule has 2 aromatic heterocycles. The fourth-order valence-corrected chi connectivity index (χ4v) is 5.74. The highest BCUT2D eigenvalue weighted by molar-refractivity contribution is 5.94. The van der Waals surface area contributed by atoms with Crippen LogP contribution >= 0.6 is 0 Å². The number of nitrogens with one attached hydrogen (secondary N) is 1. The number of amides is 1. The molecule has 6 rings (SSSR count). The first-order valence-electron chi connectivity index (χ1n) is 11.8. The lowest BCUT2D eigenvalue weighted by Crippen LogP contribution is -2.64. The maximum Gasteiger partial charge on any atom is 0.232 e. The molecule has 3 aromatic rings. The zero-order valence-electron chi connectivity index (χ0n) is 19.8. The van der Waals surface area contributed by atoms with E-state index in [-0.39, 0.29) is 11.9 Å². The molecule has 1 amide bonds. The van der Waals surface area contributed by atoms with Gasteiger partial charge in [-0.3, -0.25) is 9.78 Å². The lowest BCUT2D eigenvalue weighted by atomic mass is 9.66. The van der Waals surface area contributed by atoms with Crippen LogP contribution in [0.2, 0.25) is 0 Å². The number of aromatic amines is 1. The minimum atomic E-state index is -0.582. The number of H-pyrrole nitrogens is 1. The van der Waals surface area contributed by atoms with Crippen LogP contribution in [-0.4, -0.2) is 39.9 Å². The molecule has 168 valence electrons. The first-order chi connectivity index (χ1) is 15.2. The predicted molar refractivity (Wildman–Crippen MR) is 130 cm³/mol. The summed E-state index contributed by atoms with van der Waals surface area (Å²) >= 11 is 0. The third-order valence-corrected chi connectivity index (χ3v) is 7.75. The van der Waals surface area contributed by atoms with E-state index in [1.807, 2.05) is 13.1 Å². The van der Waals surface area contributed by atoms with Crippen molar-refractivity contribution < 1.29 is 4.79 Å². The number of benzene rings is 1. The van der Waals surface area contributed by atoms with Gasteiger partial charge in [-0.15, -0.1) is 0 Å². The summed E-state index contributed by atoms with van der Waals surface area (Å²) in [5.74, 6) is 1.50. The lowest BCUT2D eigenvalue weighted by Gasteiger charge is -2.53. The van der Waals surface area contributed by atoms with Crippen LogP contribution in [0.15, 0.2) is 36.5 Å². The van der Waals surface area contributed by atoms with E-state index >= 15 is 0 Å². The summed E-state index contributed by atoms with van der Waals surface area (Å²) < 4.78 is 0. The van der Waals surface area contributed by atoms with Gasteiger partial charge in [0.05, 0.1) is 11.1 Å². The average Bonchev–Trinajstić information content (AvgIpc) is 3.17. The van der Waals surface area contributed by atoms with E-state index in [0.29, 0.717) is 17.8 Å². The molecule has 3 fully saturated rings. The van der Waals surface area contributed by atoms with Crippen molar-refractivity contribution in [1.82, 2.24) is 14.9 Å². The Labute approximate surface area is 190 Å². The zero-order chi connectivity index (χ0) is 22.8. The number of nitrogens with zero attached hydrogens (tertiary/aromatic N) is 2. The maximum atomic E-state index is 13.6. The van der Waals surface area contributed by atoms with Gasteiger partial charge in [-0.1, -0.05) is 19.9 Å². The number of nitrogens with two attached hydrogens (primary N) is 1. The number of aryl methyl sites for hydroxylation is 1. The minimum Gasteiger partial charge on any atom is -0.354 e. The Kier molecular flexibility index (Phi) is 4.93. The smallest absolute Gasteiger partial charge is 0.232 e. The van der Waals surface area contributed by atoms with E-state index in [4.69, 9.17) is 5.73 Å². The molecule has 2 unspecified atom stereocenters. The summed E-state index contributed by atoms with van der Waals surface area (Å²) in [6, 6.07) is 10.9. The molecule has 32 heavy (non-hydrogen) atoms. The molecule has 5 nitrogen and oxygen atoms in total. The Morgan fingerprint density at radius 2 is 1.91 bits per heavy atom. The number of hydrogen-bond donors (Lipinski definition) is 2. The molecule has 2 bridgehead atoms. The first-order valence-corrected chi connectivity index (χ1v) is 11.8. The molecule has 1 aliphatic carbocycles. The van der Waals surface area contributed by atoms with Crippen LogP contribution in [0.1, 0.15) is 56.9 Å². The molecule has 1 aromatic carbocycles. The Morgan fingerprint density at radius 3 is 2.53 bits per heavy atom. The van der Waals surface area contributed by atoms with Gasteiger partial charge >= 0.3 is 0 Å². The van der Waals surface area contributed by atoms with Crippen molar-refractivity contribution in [2.75, 3.05) is 13.1 Å². The van der Waals surface area contributed by atoms with E-state index in [9.17, 15) is 4.79 Å². The molecule has 3 N–H and O–H groups in total. The second-order valence-corrected chi connectivity index (χ2v) is 10.7. The third kappa shape index (κ3) is 3.25. The van der Waals surface area contributed by atoms with Gasteiger partial charge in [0.1, 0.15) is 0 Å². The van der Waals surface area contributed by atoms with Crippen LogP contribution in [0.25, 0.3) is 22.2 Å². The van der Waals surface area contributed by atoms with Gasteiger partial charge in [-0.25, -0.2) is 0 Å². The maximum absolute atomic E-state index is 13.6. The van der Waals surface area contributed by atoms with Gasteiger partial charge in [-0.2, -0.15) is 0 Å². The molecule has 0 radical (unpaired) electrons. The molecule has 4 heterocycles. The Bertz CT molecular complexity index is 1180. The molecule has 3 aliphatic rings. The van der Waals surface area contributed by atoms with Crippen molar-refractivity contribution in [3.8, 4) is 11.3 Å². The minimum absolute atomic E-state index is 0.213. The molecule has 5 heteroatoms. The second-order valence-electron chi connectivity index (χ2n) is 10.7. The molecule has 2 saturated heterocycles. The number of piperidine rings is 2. The van der Waals surface area contributed by atoms with E-state index in [0.717, 1.165) is 41.1 Å². The monoisotopic (exact) mass is 430 g/mol. The van der Waals surface area contributed by atoms with E-state index in [1.54, 1.807) is 0 Å². The fourth-order valence-electron chi connectivity index (χ4n) is 5.74. The lowest BCUT2D eigenvalue weighted by molar-refractivity contribution is -0.144. The SMILES string of the molecule is Cc1cc(-c2[nH]c3ccc(C(C)(C)C(=O)N4CC5CC(C4)C5N)cc3c2C(C)C)ccn1. The summed E-state index contributed by atoms with van der Waals surface area (Å²) in [5.41, 5.74) is 12.4. The van der Waals surface area contributed by atoms with Crippen molar-refractivity contribution in [1.29, 1.82) is 0 Å². The Hall–Kier alpha value is -2.66. The van der Waals surface area contributed by atoms with Crippen molar-refractivity contribution >= 4 is 16.8 Å². The number of pyridine rings is 1. The molecule has 0 spiro atoms. The van der Waals surface area contributed by atoms with Crippen molar-refractivity contribution in [2.45, 2.75) is 58.4 Å². The summed E-state index contributed by atoms with van der Waals surface area (Å²) in [6.07, 6.45) is 3.04. The molecule has 2 atom stereocenters. The third-order valence-electron chi connectivity index (χ3n) is 7.75. The first kappa shape index (κ1) is 21.2. The van der Waals surface area contributed by atoms with Crippen molar-refractivity contribution in [2.24, 2.45) is 17.6 Å². The number of rotatable bonds is 4. The summed E-state index contributed by atoms with van der Waals surface area (Å²) in [7, 11) is 0. The Morgan fingerprint density at radius 1 is 1.19 bits per heavy atom. The second kappa shape index (κ2) is 7.45. The zero-order valence-corrected chi connectivity index (χ0v) is 19.8. The van der Waals surface area contributed by atoms with Gasteiger partial charge in [-0.05, 0) is 80.3 Å². The van der Waals surface area contributed by atoms with Crippen LogP contribution < -0.4 is 5.73 Å². The van der Waals surface area contributed by atoms with Gasteiger partial charge in [0.15, 0.2) is 0 Å². The van der Waals surface area contributed by atoms with Crippen LogP contribution in [0.5, 0.6) is 0 Å². The predicted octanol–water partition coefficient (Wildman–Crippen LogP) is 4.74. The van der Waals surface area contributed by atoms with E-state index in [1.165, 1.54) is 17.4 Å². The quantitative estimate of drug-likeness (QED) is 0.627. The highest BCUT2D eigenvalue weighted by atomic mass is 16.2. The topological polar surface area (TPSA) is 75.0 Å². The number of carbonyl (C=O) groups is 1. The average molecular weight is 431 g/mol. The molecular weight excluding hydrogens is 396 g/mol. The molecule has 2 aliphatic heterocycles. The Balaban J connectivity index is 1.54. The summed E-state index contributed by atoms with van der Waals surface area (Å²) in [4.78, 5) is 23.6. The van der Waals surface area contributed by atoms with Gasteiger partial charge < -0.3 is 15.6 Å². The fraction of sp³-hybridized carbons (Fsp3) is 0.481. The van der Waals surface area contributed by atoms with Crippen molar-refractivity contribution in [3.63, 3.8) is 0 Å².